The van der Waals surface area contributed by atoms with Gasteiger partial charge in [-0.2, -0.15) is 0 Å². The van der Waals surface area contributed by atoms with Crippen molar-refractivity contribution in [1.82, 2.24) is 14.1 Å². The van der Waals surface area contributed by atoms with Crippen molar-refractivity contribution in [3.8, 4) is 17.2 Å². The first kappa shape index (κ1) is 17.6. The second-order valence-electron chi connectivity index (χ2n) is 6.68. The summed E-state index contributed by atoms with van der Waals surface area (Å²) in [5.74, 6) is 0.338. The Labute approximate surface area is 160 Å². The quantitative estimate of drug-likeness (QED) is 0.386. The Balaban J connectivity index is 1.38. The molecule has 4 aromatic rings. The monoisotopic (exact) mass is 389 g/mol. The van der Waals surface area contributed by atoms with Gasteiger partial charge in [0.15, 0.2) is 0 Å². The summed E-state index contributed by atoms with van der Waals surface area (Å²) < 4.78 is 14.6. The summed E-state index contributed by atoms with van der Waals surface area (Å²) in [6.07, 6.45) is 0.588. The maximum atomic E-state index is 11.4. The number of hydrogen-bond donors (Lipinski definition) is 1. The molecule has 0 aliphatic carbocycles. The van der Waals surface area contributed by atoms with Crippen LogP contribution in [0, 0.1) is 5.92 Å². The van der Waals surface area contributed by atoms with Crippen LogP contribution in [0.25, 0.3) is 16.7 Å². The molecule has 0 aliphatic heterocycles. The highest BCUT2D eigenvalue weighted by molar-refractivity contribution is 6.31. The minimum atomic E-state index is -0.211. The average Bonchev–Trinajstić information content (AvgIpc) is 3.28. The van der Waals surface area contributed by atoms with Crippen LogP contribution < -0.4 is 4.74 Å². The maximum absolute atomic E-state index is 11.4. The number of phenols is 1. The molecule has 142 valence electrons. The zero-order chi connectivity index (χ0) is 19.1. The molecule has 27 heavy (non-hydrogen) atoms. The van der Waals surface area contributed by atoms with Crippen LogP contribution in [-0.4, -0.2) is 38.3 Å². The molecule has 0 unspecified atom stereocenters. The highest BCUT2D eigenvalue weighted by atomic mass is 35.5. The van der Waals surface area contributed by atoms with Crippen LogP contribution >= 0.6 is 11.6 Å². The highest BCUT2D eigenvalue weighted by Gasteiger charge is 2.25. The number of aromatic nitrogens is 3. The van der Waals surface area contributed by atoms with Crippen LogP contribution in [0.3, 0.4) is 0 Å². The number of hydrogen-bond acceptors (Lipinski definition) is 4. The SMILES string of the molecule is CC(C)C(=O)OCCCOc1ccc(-n2n3c4ccc(Cl)cc4n23)c(O)c1. The van der Waals surface area contributed by atoms with Gasteiger partial charge in [0.25, 0.3) is 0 Å². The van der Waals surface area contributed by atoms with Crippen molar-refractivity contribution >= 4 is 28.6 Å². The van der Waals surface area contributed by atoms with Crippen molar-refractivity contribution in [2.45, 2.75) is 20.3 Å². The zero-order valence-corrected chi connectivity index (χ0v) is 15.8. The molecule has 2 aromatic carbocycles. The third-order valence-electron chi connectivity index (χ3n) is 4.31. The van der Waals surface area contributed by atoms with Gasteiger partial charge in [-0.15, -0.1) is 14.1 Å². The predicted octanol–water partition coefficient (Wildman–Crippen LogP) is 3.75. The van der Waals surface area contributed by atoms with Gasteiger partial charge in [0.05, 0.1) is 19.1 Å². The number of esters is 1. The van der Waals surface area contributed by atoms with E-state index >= 15 is 0 Å². The van der Waals surface area contributed by atoms with E-state index in [-0.39, 0.29) is 17.6 Å². The number of ether oxygens (including phenoxy) is 2. The fraction of sp³-hybridized carbons (Fsp3) is 0.316. The Morgan fingerprint density at radius 3 is 2.63 bits per heavy atom. The van der Waals surface area contributed by atoms with E-state index in [0.29, 0.717) is 36.1 Å². The van der Waals surface area contributed by atoms with Crippen LogP contribution in [0.2, 0.25) is 5.02 Å². The number of rotatable bonds is 7. The number of halogens is 1. The summed E-state index contributed by atoms with van der Waals surface area (Å²) >= 11 is 6.03. The molecular formula is C19H20ClN3O4. The normalized spacial score (nSPS) is 11.9. The molecular weight excluding hydrogens is 370 g/mol. The summed E-state index contributed by atoms with van der Waals surface area (Å²) in [6, 6.07) is 10.8. The summed E-state index contributed by atoms with van der Waals surface area (Å²) in [7, 11) is 0. The van der Waals surface area contributed by atoms with Crippen LogP contribution in [0.15, 0.2) is 36.4 Å². The molecule has 0 saturated heterocycles. The molecule has 0 radical (unpaired) electrons. The number of phenolic OH excluding ortho intramolecular Hbond substituents is 1. The lowest BCUT2D eigenvalue weighted by atomic mass is 10.2. The van der Waals surface area contributed by atoms with E-state index in [1.165, 1.54) is 0 Å². The van der Waals surface area contributed by atoms with Crippen molar-refractivity contribution in [2.75, 3.05) is 13.2 Å². The molecule has 2 heterocycles. The van der Waals surface area contributed by atoms with Gasteiger partial charge in [-0.1, -0.05) is 25.4 Å². The molecule has 0 amide bonds. The van der Waals surface area contributed by atoms with Gasteiger partial charge < -0.3 is 14.6 Å². The fourth-order valence-electron chi connectivity index (χ4n) is 2.87. The van der Waals surface area contributed by atoms with Crippen LogP contribution in [0.4, 0.5) is 0 Å². The lowest BCUT2D eigenvalue weighted by molar-refractivity contribution is -0.147. The van der Waals surface area contributed by atoms with Crippen LogP contribution in [-0.2, 0) is 9.53 Å². The minimum Gasteiger partial charge on any atom is -0.505 e. The Morgan fingerprint density at radius 2 is 1.89 bits per heavy atom. The van der Waals surface area contributed by atoms with Gasteiger partial charge in [-0.25, -0.2) is 0 Å². The number of nitrogens with zero attached hydrogens (tertiary/aromatic N) is 3. The van der Waals surface area contributed by atoms with E-state index in [9.17, 15) is 9.90 Å². The molecule has 4 rings (SSSR count). The minimum absolute atomic E-state index is 0.116. The van der Waals surface area contributed by atoms with Gasteiger partial charge >= 0.3 is 5.97 Å². The summed E-state index contributed by atoms with van der Waals surface area (Å²) in [4.78, 5) is 13.2. The molecule has 0 saturated carbocycles. The lowest BCUT2D eigenvalue weighted by Gasteiger charge is -2.09. The molecule has 0 spiro atoms. The highest BCUT2D eigenvalue weighted by Crippen LogP contribution is 2.33. The molecule has 0 aliphatic rings. The molecule has 8 heteroatoms. The summed E-state index contributed by atoms with van der Waals surface area (Å²) in [5, 5.41) is 11.0. The fourth-order valence-corrected chi connectivity index (χ4v) is 3.04. The Kier molecular flexibility index (Phi) is 4.39. The Bertz CT molecular complexity index is 1090. The molecule has 2 aromatic heterocycles. The predicted molar refractivity (Wildman–Crippen MR) is 101 cm³/mol. The van der Waals surface area contributed by atoms with Gasteiger partial charge in [0, 0.05) is 17.5 Å². The Hall–Kier alpha value is -2.80. The van der Waals surface area contributed by atoms with Gasteiger partial charge in [0.2, 0.25) is 0 Å². The third-order valence-corrected chi connectivity index (χ3v) is 4.55. The topological polar surface area (TPSA) is 69.5 Å². The smallest absolute Gasteiger partial charge is 0.308 e. The van der Waals surface area contributed by atoms with Crippen molar-refractivity contribution in [3.63, 3.8) is 0 Å². The van der Waals surface area contributed by atoms with E-state index in [4.69, 9.17) is 21.1 Å². The zero-order valence-electron chi connectivity index (χ0n) is 15.1. The Morgan fingerprint density at radius 1 is 1.11 bits per heavy atom. The van der Waals surface area contributed by atoms with Crippen LogP contribution in [0.1, 0.15) is 20.3 Å². The van der Waals surface area contributed by atoms with Crippen LogP contribution in [0.5, 0.6) is 11.5 Å². The molecule has 1 N–H and O–H groups in total. The number of aromatic hydroxyl groups is 1. The molecule has 7 nitrogen and oxygen atoms in total. The number of benzene rings is 2. The molecule has 0 fully saturated rings. The van der Waals surface area contributed by atoms with Gasteiger partial charge in [-0.3, -0.25) is 4.79 Å². The summed E-state index contributed by atoms with van der Waals surface area (Å²) in [6.45, 7) is 4.31. The van der Waals surface area contributed by atoms with Crippen molar-refractivity contribution in [3.05, 3.63) is 41.4 Å². The third kappa shape index (κ3) is 3.19. The van der Waals surface area contributed by atoms with Crippen molar-refractivity contribution < 1.29 is 19.4 Å². The average molecular weight is 390 g/mol. The molecule has 0 atom stereocenters. The van der Waals surface area contributed by atoms with Gasteiger partial charge in [-0.05, 0) is 30.3 Å². The first-order chi connectivity index (χ1) is 13.0. The maximum Gasteiger partial charge on any atom is 0.308 e. The van der Waals surface area contributed by atoms with E-state index in [1.807, 2.05) is 32.3 Å². The van der Waals surface area contributed by atoms with E-state index in [1.54, 1.807) is 32.0 Å². The molecule has 0 bridgehead atoms. The summed E-state index contributed by atoms with van der Waals surface area (Å²) in [5.41, 5.74) is 2.69. The van der Waals surface area contributed by atoms with E-state index < -0.39 is 0 Å². The van der Waals surface area contributed by atoms with Crippen molar-refractivity contribution in [2.24, 2.45) is 5.92 Å². The van der Waals surface area contributed by atoms with E-state index in [0.717, 1.165) is 11.0 Å². The number of carbonyl (C=O) groups excluding carboxylic acids is 1. The second-order valence-corrected chi connectivity index (χ2v) is 7.11. The van der Waals surface area contributed by atoms with Crippen molar-refractivity contribution in [1.29, 1.82) is 0 Å². The first-order valence-electron chi connectivity index (χ1n) is 8.79. The van der Waals surface area contributed by atoms with Gasteiger partial charge in [0.1, 0.15) is 28.2 Å². The largest absolute Gasteiger partial charge is 0.505 e. The lowest BCUT2D eigenvalue weighted by Crippen LogP contribution is -2.13. The second kappa shape index (κ2) is 6.74. The first-order valence-corrected chi connectivity index (χ1v) is 9.17. The van der Waals surface area contributed by atoms with E-state index in [2.05, 4.69) is 0 Å². The number of carbonyl (C=O) groups is 1. The standard InChI is InChI=1S/C19H20ClN3O4/c1-12(2)19(25)27-9-3-8-26-14-5-7-16(18(24)11-14)22-21-15-6-4-13(20)10-17(15)23(21)22/h4-7,10-12,24H,3,8-9H2,1-2H3. The number of fused-ring (bicyclic) bond motifs is 4.